The lowest BCUT2D eigenvalue weighted by atomic mass is 9.77. The van der Waals surface area contributed by atoms with E-state index in [2.05, 4.69) is 20.8 Å². The third-order valence-electron chi connectivity index (χ3n) is 3.04. The summed E-state index contributed by atoms with van der Waals surface area (Å²) in [6, 6.07) is 0. The van der Waals surface area contributed by atoms with Crippen molar-refractivity contribution in [3.63, 3.8) is 0 Å². The molecule has 1 aliphatic carbocycles. The standard InChI is InChI=1S/C8H17N.HI/c1-7(2)5-4-6-8(7,3)9;/h4-6,9H2,1-3H3;1H. The van der Waals surface area contributed by atoms with E-state index >= 15 is 0 Å². The molecule has 0 aromatic heterocycles. The monoisotopic (exact) mass is 255 g/mol. The van der Waals surface area contributed by atoms with E-state index in [9.17, 15) is 0 Å². The number of hydrogen-bond acceptors (Lipinski definition) is 1. The highest BCUT2D eigenvalue weighted by atomic mass is 127. The van der Waals surface area contributed by atoms with Crippen molar-refractivity contribution in [3.8, 4) is 0 Å². The first-order valence-corrected chi connectivity index (χ1v) is 3.75. The smallest absolute Gasteiger partial charge is 0.0177 e. The van der Waals surface area contributed by atoms with Gasteiger partial charge in [-0.1, -0.05) is 20.3 Å². The molecule has 1 nitrogen and oxygen atoms in total. The van der Waals surface area contributed by atoms with E-state index in [1.165, 1.54) is 19.3 Å². The number of halogens is 1. The fraction of sp³-hybridized carbons (Fsp3) is 1.00. The average molecular weight is 255 g/mol. The normalized spacial score (nSPS) is 37.2. The highest BCUT2D eigenvalue weighted by molar-refractivity contribution is 14.0. The molecule has 0 aromatic carbocycles. The van der Waals surface area contributed by atoms with Gasteiger partial charge in [0.25, 0.3) is 0 Å². The van der Waals surface area contributed by atoms with Crippen LogP contribution in [0.1, 0.15) is 40.0 Å². The molecule has 1 unspecified atom stereocenters. The van der Waals surface area contributed by atoms with Crippen LogP contribution >= 0.6 is 24.0 Å². The van der Waals surface area contributed by atoms with Gasteiger partial charge in [0.05, 0.1) is 0 Å². The zero-order valence-corrected chi connectivity index (χ0v) is 9.44. The summed E-state index contributed by atoms with van der Waals surface area (Å²) >= 11 is 0. The van der Waals surface area contributed by atoms with Crippen molar-refractivity contribution in [3.05, 3.63) is 0 Å². The van der Waals surface area contributed by atoms with Crippen LogP contribution in [0.3, 0.4) is 0 Å². The second-order valence-corrected chi connectivity index (χ2v) is 4.15. The van der Waals surface area contributed by atoms with Crippen LogP contribution < -0.4 is 5.73 Å². The van der Waals surface area contributed by atoms with Gasteiger partial charge in [-0.2, -0.15) is 0 Å². The third kappa shape index (κ3) is 1.64. The molecular formula is C8H18IN. The van der Waals surface area contributed by atoms with Gasteiger partial charge in [0.15, 0.2) is 0 Å². The SMILES string of the molecule is CC1(C)CCCC1(C)N.I. The van der Waals surface area contributed by atoms with Crippen LogP contribution in [0.4, 0.5) is 0 Å². The first-order valence-electron chi connectivity index (χ1n) is 3.75. The molecule has 0 amide bonds. The minimum absolute atomic E-state index is 0. The highest BCUT2D eigenvalue weighted by Gasteiger charge is 2.41. The van der Waals surface area contributed by atoms with Crippen molar-refractivity contribution in [2.75, 3.05) is 0 Å². The summed E-state index contributed by atoms with van der Waals surface area (Å²) in [6.45, 7) is 6.69. The van der Waals surface area contributed by atoms with Crippen molar-refractivity contribution < 1.29 is 0 Å². The van der Waals surface area contributed by atoms with Gasteiger partial charge >= 0.3 is 0 Å². The highest BCUT2D eigenvalue weighted by Crippen LogP contribution is 2.43. The number of hydrogen-bond donors (Lipinski definition) is 1. The van der Waals surface area contributed by atoms with Gasteiger partial charge in [-0.25, -0.2) is 0 Å². The van der Waals surface area contributed by atoms with E-state index < -0.39 is 0 Å². The van der Waals surface area contributed by atoms with Crippen molar-refractivity contribution in [2.24, 2.45) is 11.1 Å². The van der Waals surface area contributed by atoms with E-state index in [4.69, 9.17) is 5.73 Å². The molecule has 0 spiro atoms. The summed E-state index contributed by atoms with van der Waals surface area (Å²) in [7, 11) is 0. The molecule has 2 N–H and O–H groups in total. The molecule has 2 heteroatoms. The van der Waals surface area contributed by atoms with Crippen LogP contribution in [-0.4, -0.2) is 5.54 Å². The molecular weight excluding hydrogens is 237 g/mol. The Balaban J connectivity index is 0.000000810. The quantitative estimate of drug-likeness (QED) is 0.661. The maximum Gasteiger partial charge on any atom is 0.0177 e. The summed E-state index contributed by atoms with van der Waals surface area (Å²) in [5.41, 5.74) is 6.51. The van der Waals surface area contributed by atoms with Gasteiger partial charge in [0.1, 0.15) is 0 Å². The Morgan fingerprint density at radius 3 is 1.70 bits per heavy atom. The predicted molar refractivity (Wildman–Crippen MR) is 55.6 cm³/mol. The average Bonchev–Trinajstić information content (AvgIpc) is 1.81. The van der Waals surface area contributed by atoms with Gasteiger partial charge in [0.2, 0.25) is 0 Å². The molecule has 1 rings (SSSR count). The molecule has 0 saturated heterocycles. The molecule has 1 aliphatic rings. The summed E-state index contributed by atoms with van der Waals surface area (Å²) in [5.74, 6) is 0. The first-order chi connectivity index (χ1) is 3.96. The Morgan fingerprint density at radius 1 is 1.10 bits per heavy atom. The Morgan fingerprint density at radius 2 is 1.60 bits per heavy atom. The number of nitrogens with two attached hydrogens (primary N) is 1. The van der Waals surface area contributed by atoms with Gasteiger partial charge in [-0.3, -0.25) is 0 Å². The third-order valence-corrected chi connectivity index (χ3v) is 3.04. The second-order valence-electron chi connectivity index (χ2n) is 4.15. The summed E-state index contributed by atoms with van der Waals surface area (Å²) in [6.07, 6.45) is 3.79. The Kier molecular flexibility index (Phi) is 3.18. The molecule has 1 saturated carbocycles. The van der Waals surface area contributed by atoms with E-state index in [-0.39, 0.29) is 29.5 Å². The fourth-order valence-corrected chi connectivity index (χ4v) is 1.52. The molecule has 62 valence electrons. The minimum atomic E-state index is 0. The fourth-order valence-electron chi connectivity index (χ4n) is 1.52. The molecule has 1 fully saturated rings. The lowest BCUT2D eigenvalue weighted by Crippen LogP contribution is -2.45. The lowest BCUT2D eigenvalue weighted by molar-refractivity contribution is 0.230. The van der Waals surface area contributed by atoms with Crippen LogP contribution in [0.15, 0.2) is 0 Å². The molecule has 0 heterocycles. The van der Waals surface area contributed by atoms with E-state index in [0.717, 1.165) is 0 Å². The van der Waals surface area contributed by atoms with Crippen LogP contribution in [0, 0.1) is 5.41 Å². The predicted octanol–water partition coefficient (Wildman–Crippen LogP) is 2.53. The van der Waals surface area contributed by atoms with Crippen LogP contribution in [-0.2, 0) is 0 Å². The van der Waals surface area contributed by atoms with Gasteiger partial charge < -0.3 is 5.73 Å². The summed E-state index contributed by atoms with van der Waals surface area (Å²) < 4.78 is 0. The van der Waals surface area contributed by atoms with Crippen molar-refractivity contribution >= 4 is 24.0 Å². The van der Waals surface area contributed by atoms with Crippen molar-refractivity contribution in [1.82, 2.24) is 0 Å². The Labute approximate surface area is 80.8 Å². The summed E-state index contributed by atoms with van der Waals surface area (Å²) in [4.78, 5) is 0. The molecule has 1 atom stereocenters. The minimum Gasteiger partial charge on any atom is -0.325 e. The van der Waals surface area contributed by atoms with Gasteiger partial charge in [-0.05, 0) is 25.2 Å². The van der Waals surface area contributed by atoms with E-state index in [1.54, 1.807) is 0 Å². The largest absolute Gasteiger partial charge is 0.325 e. The summed E-state index contributed by atoms with van der Waals surface area (Å²) in [5, 5.41) is 0. The van der Waals surface area contributed by atoms with Crippen LogP contribution in [0.25, 0.3) is 0 Å². The first kappa shape index (κ1) is 10.7. The van der Waals surface area contributed by atoms with Crippen LogP contribution in [0.2, 0.25) is 0 Å². The molecule has 0 aliphatic heterocycles. The van der Waals surface area contributed by atoms with Crippen LogP contribution in [0.5, 0.6) is 0 Å². The van der Waals surface area contributed by atoms with E-state index in [1.807, 2.05) is 0 Å². The zero-order valence-electron chi connectivity index (χ0n) is 7.11. The maximum absolute atomic E-state index is 6.06. The molecule has 10 heavy (non-hydrogen) atoms. The van der Waals surface area contributed by atoms with Crippen molar-refractivity contribution in [1.29, 1.82) is 0 Å². The van der Waals surface area contributed by atoms with Gasteiger partial charge in [-0.15, -0.1) is 24.0 Å². The maximum atomic E-state index is 6.06. The molecule has 0 aromatic rings. The Hall–Kier alpha value is 0.690. The molecule has 0 radical (unpaired) electrons. The topological polar surface area (TPSA) is 26.0 Å². The lowest BCUT2D eigenvalue weighted by Gasteiger charge is -2.34. The Bertz CT molecular complexity index is 104. The second kappa shape index (κ2) is 2.97. The van der Waals surface area contributed by atoms with Gasteiger partial charge in [0, 0.05) is 5.54 Å². The molecule has 0 bridgehead atoms. The van der Waals surface area contributed by atoms with Crippen molar-refractivity contribution in [2.45, 2.75) is 45.6 Å². The van der Waals surface area contributed by atoms with E-state index in [0.29, 0.717) is 5.41 Å². The number of rotatable bonds is 0. The zero-order chi connectivity index (χ0) is 7.12.